The Bertz CT molecular complexity index is 1530. The number of rotatable bonds is 12. The number of carbonyl (C=O) groups is 2. The molecule has 0 saturated carbocycles. The summed E-state index contributed by atoms with van der Waals surface area (Å²) < 4.78 is 39.4. The maximum Gasteiger partial charge on any atom is 0.435 e. The lowest BCUT2D eigenvalue weighted by Crippen LogP contribution is -2.45. The lowest BCUT2D eigenvalue weighted by Gasteiger charge is -2.36. The molecular formula is C34H50Cl3FN4O6Si. The third-order valence-electron chi connectivity index (χ3n) is 7.56. The van der Waals surface area contributed by atoms with Crippen molar-refractivity contribution in [3.63, 3.8) is 0 Å². The van der Waals surface area contributed by atoms with Crippen LogP contribution in [0.2, 0.25) is 23.3 Å². The van der Waals surface area contributed by atoms with Crippen LogP contribution in [0.25, 0.3) is 10.9 Å². The summed E-state index contributed by atoms with van der Waals surface area (Å²) in [6.45, 7) is 17.4. The van der Waals surface area contributed by atoms with Crippen molar-refractivity contribution in [3.05, 3.63) is 52.9 Å². The average Bonchev–Trinajstić information content (AvgIpc) is 3.34. The molecule has 0 spiro atoms. The largest absolute Gasteiger partial charge is 0.492 e. The molecule has 2 aromatic carbocycles. The molecule has 1 aromatic heterocycles. The maximum absolute atomic E-state index is 14.1. The zero-order chi connectivity index (χ0) is 37.2. The van der Waals surface area contributed by atoms with E-state index in [0.717, 1.165) is 22.8 Å². The Morgan fingerprint density at radius 2 is 1.57 bits per heavy atom. The highest BCUT2D eigenvalue weighted by molar-refractivity contribution is 6.73. The average molecular weight is 764 g/mol. The standard InChI is InChI=1S/C33H48ClFN4O6Si.CH2Cl2/c1-10-46(11-2,12-3)45-28(22-13-16-25(35)26(36)19-22)21-38(30(40)43-32(4,5)6)17-18-42-23-14-15-24-27(20-23)39(37-29(24)34)31(41)44-33(7,8)9;2-1-3/h13-16,19-20,28H,10-12,17-18,21,36H2,1-9H3;1H2/t28-;/m0./s1. The second-order valence-corrected chi connectivity index (χ2v) is 19.3. The molecule has 0 radical (unpaired) electrons. The molecule has 0 fully saturated rings. The molecule has 3 aromatic rings. The van der Waals surface area contributed by atoms with Gasteiger partial charge in [-0.15, -0.1) is 28.3 Å². The molecule has 1 amide bonds. The monoisotopic (exact) mass is 762 g/mol. The Morgan fingerprint density at radius 1 is 0.980 bits per heavy atom. The SMILES string of the molecule is CC[Si](CC)(CC)O[C@@H](CN(CCOc1ccc2c(Cl)nn(C(=O)OC(C)(C)C)c2c1)C(=O)OC(C)(C)C)c1ccc(F)c(N)c1.ClCCl. The summed E-state index contributed by atoms with van der Waals surface area (Å²) in [7, 11) is -2.18. The first-order valence-electron chi connectivity index (χ1n) is 16.2. The number of aromatic nitrogens is 2. The first-order chi connectivity index (χ1) is 22.8. The molecule has 0 aliphatic carbocycles. The van der Waals surface area contributed by atoms with E-state index in [2.05, 4.69) is 25.9 Å². The van der Waals surface area contributed by atoms with Crippen LogP contribution in [0.4, 0.5) is 19.7 Å². The molecule has 0 saturated heterocycles. The van der Waals surface area contributed by atoms with Crippen molar-refractivity contribution in [2.24, 2.45) is 0 Å². The summed E-state index contributed by atoms with van der Waals surface area (Å²) in [6.07, 6.45) is -1.78. The van der Waals surface area contributed by atoms with Gasteiger partial charge in [0.2, 0.25) is 0 Å². The Hall–Kier alpha value is -2.77. The predicted molar refractivity (Wildman–Crippen MR) is 198 cm³/mol. The number of amides is 1. The van der Waals surface area contributed by atoms with Gasteiger partial charge in [-0.1, -0.05) is 38.4 Å². The van der Waals surface area contributed by atoms with Crippen LogP contribution in [-0.2, 0) is 13.9 Å². The normalized spacial score (nSPS) is 12.6. The van der Waals surface area contributed by atoms with Crippen molar-refractivity contribution in [3.8, 4) is 5.75 Å². The lowest BCUT2D eigenvalue weighted by molar-refractivity contribution is 0.0131. The highest BCUT2D eigenvalue weighted by atomic mass is 35.5. The molecule has 3 rings (SSSR count). The zero-order valence-electron chi connectivity index (χ0n) is 29.9. The molecule has 49 heavy (non-hydrogen) atoms. The minimum Gasteiger partial charge on any atom is -0.492 e. The van der Waals surface area contributed by atoms with Crippen molar-refractivity contribution in [1.82, 2.24) is 14.7 Å². The lowest BCUT2D eigenvalue weighted by atomic mass is 10.1. The van der Waals surface area contributed by atoms with E-state index in [1.54, 1.807) is 71.9 Å². The molecule has 274 valence electrons. The van der Waals surface area contributed by atoms with Crippen molar-refractivity contribution >= 4 is 71.9 Å². The number of nitrogens with two attached hydrogens (primary N) is 1. The maximum atomic E-state index is 14.1. The molecule has 0 bridgehead atoms. The number of nitrogen functional groups attached to an aromatic ring is 1. The van der Waals surface area contributed by atoms with Crippen molar-refractivity contribution in [1.29, 1.82) is 0 Å². The summed E-state index contributed by atoms with van der Waals surface area (Å²) in [4.78, 5) is 27.9. The van der Waals surface area contributed by atoms with Gasteiger partial charge in [-0.05, 0) is 89.5 Å². The number of benzene rings is 2. The van der Waals surface area contributed by atoms with E-state index in [1.165, 1.54) is 11.0 Å². The van der Waals surface area contributed by atoms with Crippen LogP contribution in [0.1, 0.15) is 74.0 Å². The van der Waals surface area contributed by atoms with Crippen LogP contribution in [0.3, 0.4) is 0 Å². The van der Waals surface area contributed by atoms with Crippen LogP contribution >= 0.6 is 34.8 Å². The quantitative estimate of drug-likeness (QED) is 0.110. The fourth-order valence-electron chi connectivity index (χ4n) is 4.92. The van der Waals surface area contributed by atoms with E-state index in [-0.39, 0.29) is 35.9 Å². The summed E-state index contributed by atoms with van der Waals surface area (Å²) in [5.41, 5.74) is 5.59. The number of ether oxygens (including phenoxy) is 3. The molecule has 0 unspecified atom stereocenters. The minimum absolute atomic E-state index is 0.0103. The van der Waals surface area contributed by atoms with E-state index in [4.69, 9.17) is 59.2 Å². The summed E-state index contributed by atoms with van der Waals surface area (Å²) in [5.74, 6) is -0.0809. The molecule has 10 nitrogen and oxygen atoms in total. The number of hydrogen-bond donors (Lipinski definition) is 1. The predicted octanol–water partition coefficient (Wildman–Crippen LogP) is 9.99. The number of fused-ring (bicyclic) bond motifs is 1. The highest BCUT2D eigenvalue weighted by Gasteiger charge is 2.35. The van der Waals surface area contributed by atoms with E-state index in [9.17, 15) is 14.0 Å². The molecule has 2 N–H and O–H groups in total. The van der Waals surface area contributed by atoms with Gasteiger partial charge in [0, 0.05) is 11.5 Å². The number of carbonyl (C=O) groups excluding carboxylic acids is 2. The van der Waals surface area contributed by atoms with Crippen molar-refractivity contribution in [2.75, 3.05) is 30.8 Å². The van der Waals surface area contributed by atoms with E-state index < -0.39 is 43.6 Å². The number of hydrogen-bond acceptors (Lipinski definition) is 8. The Kier molecular flexibility index (Phi) is 16.0. The van der Waals surface area contributed by atoms with E-state index in [0.29, 0.717) is 22.2 Å². The Labute approximate surface area is 305 Å². The summed E-state index contributed by atoms with van der Waals surface area (Å²) >= 11 is 15.8. The summed E-state index contributed by atoms with van der Waals surface area (Å²) in [6, 6.07) is 12.3. The van der Waals surface area contributed by atoms with E-state index in [1.807, 2.05) is 0 Å². The molecule has 1 atom stereocenters. The van der Waals surface area contributed by atoms with Crippen LogP contribution < -0.4 is 10.5 Å². The van der Waals surface area contributed by atoms with Gasteiger partial charge in [0.25, 0.3) is 0 Å². The topological polar surface area (TPSA) is 118 Å². The van der Waals surface area contributed by atoms with Crippen molar-refractivity contribution < 1.29 is 32.6 Å². The second-order valence-electron chi connectivity index (χ2n) is 13.4. The van der Waals surface area contributed by atoms with E-state index >= 15 is 0 Å². The van der Waals surface area contributed by atoms with Gasteiger partial charge in [0.05, 0.1) is 35.7 Å². The Balaban J connectivity index is 0.00000267. The van der Waals surface area contributed by atoms with Gasteiger partial charge < -0.3 is 29.3 Å². The summed E-state index contributed by atoms with van der Waals surface area (Å²) in [5, 5.41) is 5.05. The third kappa shape index (κ3) is 12.8. The van der Waals surface area contributed by atoms with Gasteiger partial charge in [-0.25, -0.2) is 14.0 Å². The number of anilines is 1. The molecular weight excluding hydrogens is 714 g/mol. The zero-order valence-corrected chi connectivity index (χ0v) is 33.1. The fourth-order valence-corrected chi connectivity index (χ4v) is 7.97. The van der Waals surface area contributed by atoms with Gasteiger partial charge in [0.1, 0.15) is 29.4 Å². The fraction of sp³-hybridized carbons (Fsp3) is 0.559. The van der Waals surface area contributed by atoms with Crippen molar-refractivity contribution in [2.45, 2.75) is 97.8 Å². The van der Waals surface area contributed by atoms with Crippen LogP contribution in [0.5, 0.6) is 5.75 Å². The number of alkyl halides is 2. The molecule has 1 heterocycles. The van der Waals surface area contributed by atoms with Gasteiger partial charge in [-0.2, -0.15) is 4.68 Å². The van der Waals surface area contributed by atoms with Crippen LogP contribution in [0, 0.1) is 5.82 Å². The number of halogens is 4. The number of nitrogens with zero attached hydrogens (tertiary/aromatic N) is 3. The second kappa shape index (κ2) is 18.5. The molecule has 0 aliphatic heterocycles. The Morgan fingerprint density at radius 3 is 2.10 bits per heavy atom. The minimum atomic E-state index is -2.18. The van der Waals surface area contributed by atoms with Gasteiger partial charge >= 0.3 is 12.2 Å². The third-order valence-corrected chi connectivity index (χ3v) is 12.5. The van der Waals surface area contributed by atoms with Crippen LogP contribution in [-0.4, -0.2) is 71.4 Å². The smallest absolute Gasteiger partial charge is 0.435 e. The van der Waals surface area contributed by atoms with Gasteiger partial charge in [-0.3, -0.25) is 0 Å². The molecule has 0 aliphatic rings. The van der Waals surface area contributed by atoms with Gasteiger partial charge in [0.15, 0.2) is 13.5 Å². The molecule has 15 heteroatoms. The first kappa shape index (κ1) is 42.4. The highest BCUT2D eigenvalue weighted by Crippen LogP contribution is 2.32. The van der Waals surface area contributed by atoms with Crippen LogP contribution in [0.15, 0.2) is 36.4 Å². The first-order valence-corrected chi connectivity index (χ1v) is 20.2.